The molecule has 0 fully saturated rings. The maximum absolute atomic E-state index is 13.2. The van der Waals surface area contributed by atoms with Crippen molar-refractivity contribution in [3.05, 3.63) is 60.0 Å². The third kappa shape index (κ3) is 2.54. The highest BCUT2D eigenvalue weighted by Crippen LogP contribution is 2.32. The van der Waals surface area contributed by atoms with Crippen LogP contribution in [0.15, 0.2) is 48.7 Å². The van der Waals surface area contributed by atoms with Crippen LogP contribution < -0.4 is 4.90 Å². The number of amides is 1. The van der Waals surface area contributed by atoms with E-state index >= 15 is 0 Å². The smallest absolute Gasteiger partial charge is 0.280 e. The molecule has 6 nitrogen and oxygen atoms in total. The number of nitrogens with zero attached hydrogens (tertiary/aromatic N) is 5. The fourth-order valence-corrected chi connectivity index (χ4v) is 3.60. The van der Waals surface area contributed by atoms with Crippen LogP contribution in [0.5, 0.6) is 0 Å². The number of rotatable bonds is 2. The molecule has 1 aromatic carbocycles. The van der Waals surface area contributed by atoms with Gasteiger partial charge in [-0.3, -0.25) is 9.69 Å². The van der Waals surface area contributed by atoms with Crippen LogP contribution in [0, 0.1) is 6.92 Å². The van der Waals surface area contributed by atoms with E-state index in [9.17, 15) is 4.79 Å². The molecular weight excluding hydrogens is 314 g/mol. The van der Waals surface area contributed by atoms with Gasteiger partial charge in [0.2, 0.25) is 0 Å². The van der Waals surface area contributed by atoms with Gasteiger partial charge in [-0.15, -0.1) is 0 Å². The van der Waals surface area contributed by atoms with Crippen LogP contribution in [-0.2, 0) is 0 Å². The molecule has 4 rings (SSSR count). The lowest BCUT2D eigenvalue weighted by atomic mass is 10.1. The molecule has 3 aromatic rings. The number of hydrogen-bond donors (Lipinski definition) is 0. The van der Waals surface area contributed by atoms with Crippen molar-refractivity contribution in [2.45, 2.75) is 39.3 Å². The van der Waals surface area contributed by atoms with Gasteiger partial charge in [-0.05, 0) is 45.4 Å². The predicted octanol–water partition coefficient (Wildman–Crippen LogP) is 3.38. The summed E-state index contributed by atoms with van der Waals surface area (Å²) in [5, 5.41) is 8.93. The standard InChI is InChI=1S/C19H21N5O/c1-13-11-14(2)24-18(9-10-20-24)22(13)19(25)17-12-15(3)23(21-17)16-7-5-4-6-8-16/h4-10,12-14H,11H2,1-3H3. The van der Waals surface area contributed by atoms with Crippen LogP contribution in [0.3, 0.4) is 0 Å². The van der Waals surface area contributed by atoms with Crippen molar-refractivity contribution in [1.82, 2.24) is 19.6 Å². The molecule has 2 atom stereocenters. The Morgan fingerprint density at radius 2 is 1.88 bits per heavy atom. The fraction of sp³-hybridized carbons (Fsp3) is 0.316. The second kappa shape index (κ2) is 5.88. The lowest BCUT2D eigenvalue weighted by Gasteiger charge is -2.36. The topological polar surface area (TPSA) is 56.0 Å². The molecule has 2 aromatic heterocycles. The molecule has 0 aliphatic carbocycles. The van der Waals surface area contributed by atoms with E-state index in [2.05, 4.69) is 24.0 Å². The van der Waals surface area contributed by atoms with Crippen molar-refractivity contribution < 1.29 is 4.79 Å². The molecule has 3 heterocycles. The van der Waals surface area contributed by atoms with E-state index in [-0.39, 0.29) is 18.0 Å². The quantitative estimate of drug-likeness (QED) is 0.721. The lowest BCUT2D eigenvalue weighted by Crippen LogP contribution is -2.45. The van der Waals surface area contributed by atoms with Gasteiger partial charge in [0.05, 0.1) is 17.9 Å². The van der Waals surface area contributed by atoms with Gasteiger partial charge in [0, 0.05) is 17.8 Å². The molecular formula is C19H21N5O. The number of aryl methyl sites for hydroxylation is 1. The van der Waals surface area contributed by atoms with Crippen molar-refractivity contribution in [3.8, 4) is 5.69 Å². The van der Waals surface area contributed by atoms with Crippen LogP contribution >= 0.6 is 0 Å². The van der Waals surface area contributed by atoms with E-state index in [4.69, 9.17) is 0 Å². The molecule has 25 heavy (non-hydrogen) atoms. The van der Waals surface area contributed by atoms with Gasteiger partial charge in [0.1, 0.15) is 5.82 Å². The average Bonchev–Trinajstić information content (AvgIpc) is 3.22. The lowest BCUT2D eigenvalue weighted by molar-refractivity contribution is 0.0961. The minimum atomic E-state index is -0.0843. The van der Waals surface area contributed by atoms with Crippen LogP contribution in [0.1, 0.15) is 42.5 Å². The molecule has 1 amide bonds. The minimum absolute atomic E-state index is 0.0843. The SMILES string of the molecule is Cc1cc(C(=O)N2c3ccnn3C(C)CC2C)nn1-c1ccccc1. The molecule has 6 heteroatoms. The highest BCUT2D eigenvalue weighted by molar-refractivity contribution is 6.05. The van der Waals surface area contributed by atoms with Gasteiger partial charge in [-0.2, -0.15) is 10.2 Å². The summed E-state index contributed by atoms with van der Waals surface area (Å²) in [4.78, 5) is 15.0. The summed E-state index contributed by atoms with van der Waals surface area (Å²) >= 11 is 0. The molecule has 128 valence electrons. The Balaban J connectivity index is 1.72. The van der Waals surface area contributed by atoms with Gasteiger partial charge in [-0.25, -0.2) is 9.36 Å². The zero-order valence-electron chi connectivity index (χ0n) is 14.6. The molecule has 0 saturated carbocycles. The van der Waals surface area contributed by atoms with Crippen molar-refractivity contribution in [2.75, 3.05) is 4.90 Å². The molecule has 0 spiro atoms. The number of hydrogen-bond acceptors (Lipinski definition) is 3. The normalized spacial score (nSPS) is 19.7. The summed E-state index contributed by atoms with van der Waals surface area (Å²) < 4.78 is 3.72. The van der Waals surface area contributed by atoms with Crippen molar-refractivity contribution >= 4 is 11.7 Å². The van der Waals surface area contributed by atoms with E-state index in [1.807, 2.05) is 63.7 Å². The van der Waals surface area contributed by atoms with Gasteiger partial charge >= 0.3 is 0 Å². The summed E-state index contributed by atoms with van der Waals surface area (Å²) in [6, 6.07) is 14.0. The minimum Gasteiger partial charge on any atom is -0.289 e. The van der Waals surface area contributed by atoms with E-state index < -0.39 is 0 Å². The number of fused-ring (bicyclic) bond motifs is 1. The molecule has 1 aliphatic rings. The van der Waals surface area contributed by atoms with Crippen molar-refractivity contribution in [3.63, 3.8) is 0 Å². The summed E-state index contributed by atoms with van der Waals surface area (Å²) in [6.07, 6.45) is 2.62. The summed E-state index contributed by atoms with van der Waals surface area (Å²) in [5.74, 6) is 0.752. The molecule has 0 bridgehead atoms. The zero-order chi connectivity index (χ0) is 17.6. The molecule has 0 saturated heterocycles. The highest BCUT2D eigenvalue weighted by atomic mass is 16.2. The maximum Gasteiger partial charge on any atom is 0.280 e. The first kappa shape index (κ1) is 15.6. The Labute approximate surface area is 146 Å². The maximum atomic E-state index is 13.2. The second-order valence-electron chi connectivity index (χ2n) is 6.66. The third-order valence-electron chi connectivity index (χ3n) is 4.76. The Bertz CT molecular complexity index is 911. The van der Waals surface area contributed by atoms with Gasteiger partial charge in [0.25, 0.3) is 5.91 Å². The Morgan fingerprint density at radius 1 is 1.12 bits per heavy atom. The van der Waals surface area contributed by atoms with Crippen LogP contribution in [0.25, 0.3) is 5.69 Å². The first-order valence-corrected chi connectivity index (χ1v) is 8.55. The number of carbonyl (C=O) groups is 1. The Morgan fingerprint density at radius 3 is 2.64 bits per heavy atom. The molecule has 0 N–H and O–H groups in total. The first-order chi connectivity index (χ1) is 12.1. The molecule has 0 radical (unpaired) electrons. The third-order valence-corrected chi connectivity index (χ3v) is 4.76. The van der Waals surface area contributed by atoms with Crippen molar-refractivity contribution in [1.29, 1.82) is 0 Å². The van der Waals surface area contributed by atoms with Crippen LogP contribution in [0.2, 0.25) is 0 Å². The number of aromatic nitrogens is 4. The predicted molar refractivity (Wildman–Crippen MR) is 96.1 cm³/mol. The largest absolute Gasteiger partial charge is 0.289 e. The van der Waals surface area contributed by atoms with E-state index in [1.54, 1.807) is 6.20 Å². The zero-order valence-corrected chi connectivity index (χ0v) is 14.6. The fourth-order valence-electron chi connectivity index (χ4n) is 3.60. The number of anilines is 1. The average molecular weight is 335 g/mol. The number of carbonyl (C=O) groups excluding carboxylic acids is 1. The summed E-state index contributed by atoms with van der Waals surface area (Å²) in [7, 11) is 0. The molecule has 2 unspecified atom stereocenters. The van der Waals surface area contributed by atoms with Crippen LogP contribution in [-0.4, -0.2) is 31.5 Å². The van der Waals surface area contributed by atoms with E-state index in [1.165, 1.54) is 0 Å². The van der Waals surface area contributed by atoms with Gasteiger partial charge < -0.3 is 0 Å². The van der Waals surface area contributed by atoms with Crippen LogP contribution in [0.4, 0.5) is 5.82 Å². The summed E-state index contributed by atoms with van der Waals surface area (Å²) in [5.41, 5.74) is 2.33. The highest BCUT2D eigenvalue weighted by Gasteiger charge is 2.34. The summed E-state index contributed by atoms with van der Waals surface area (Å²) in [6.45, 7) is 6.16. The first-order valence-electron chi connectivity index (χ1n) is 8.55. The van der Waals surface area contributed by atoms with Gasteiger partial charge in [0.15, 0.2) is 5.69 Å². The monoisotopic (exact) mass is 335 g/mol. The molecule has 1 aliphatic heterocycles. The number of benzene rings is 1. The van der Waals surface area contributed by atoms with E-state index in [0.29, 0.717) is 5.69 Å². The Kier molecular flexibility index (Phi) is 3.67. The van der Waals surface area contributed by atoms with E-state index in [0.717, 1.165) is 23.6 Å². The Hall–Kier alpha value is -2.89. The second-order valence-corrected chi connectivity index (χ2v) is 6.66. The van der Waals surface area contributed by atoms with Gasteiger partial charge in [-0.1, -0.05) is 18.2 Å². The number of para-hydroxylation sites is 1. The van der Waals surface area contributed by atoms with Crippen molar-refractivity contribution in [2.24, 2.45) is 0 Å².